The molecule has 88 valence electrons. The van der Waals surface area contributed by atoms with E-state index in [2.05, 4.69) is 5.32 Å². The maximum absolute atomic E-state index is 13.3. The van der Waals surface area contributed by atoms with E-state index in [0.717, 1.165) is 6.07 Å². The molecule has 1 N–H and O–H groups in total. The molecule has 0 aliphatic rings. The van der Waals surface area contributed by atoms with E-state index in [-0.39, 0.29) is 16.5 Å². The van der Waals surface area contributed by atoms with E-state index in [9.17, 15) is 9.18 Å². The average molecular weight is 266 g/mol. The van der Waals surface area contributed by atoms with Crippen LogP contribution >= 0.6 is 23.2 Å². The Labute approximate surface area is 102 Å². The Kier molecular flexibility index (Phi) is 4.99. The van der Waals surface area contributed by atoms with Crippen molar-refractivity contribution in [3.8, 4) is 0 Å². The fourth-order valence-corrected chi connectivity index (χ4v) is 1.55. The molecule has 1 atom stereocenters. The van der Waals surface area contributed by atoms with E-state index >= 15 is 0 Å². The first-order chi connectivity index (χ1) is 7.60. The summed E-state index contributed by atoms with van der Waals surface area (Å²) in [6.45, 7) is 0. The fraction of sp³-hybridized carbons (Fsp3) is 0.300. The highest BCUT2D eigenvalue weighted by Crippen LogP contribution is 2.18. The molecule has 1 unspecified atom stereocenters. The molecule has 0 bridgehead atoms. The van der Waals surface area contributed by atoms with E-state index in [4.69, 9.17) is 27.9 Å². The summed E-state index contributed by atoms with van der Waals surface area (Å²) >= 11 is 11.2. The number of halogens is 3. The maximum Gasteiger partial charge on any atom is 0.257 e. The zero-order valence-corrected chi connectivity index (χ0v) is 9.98. The van der Waals surface area contributed by atoms with E-state index in [1.807, 2.05) is 0 Å². The molecule has 3 nitrogen and oxygen atoms in total. The Morgan fingerprint density at radius 1 is 1.62 bits per heavy atom. The number of ether oxygens (including phenoxy) is 1. The highest BCUT2D eigenvalue weighted by Gasteiger charge is 2.18. The van der Waals surface area contributed by atoms with Gasteiger partial charge in [-0.2, -0.15) is 0 Å². The lowest BCUT2D eigenvalue weighted by molar-refractivity contribution is 0.0667. The summed E-state index contributed by atoms with van der Waals surface area (Å²) in [7, 11) is 1.39. The normalized spacial score (nSPS) is 12.2. The quantitative estimate of drug-likeness (QED) is 0.671. The molecule has 1 aromatic carbocycles. The second kappa shape index (κ2) is 6.03. The maximum atomic E-state index is 13.3. The smallest absolute Gasteiger partial charge is 0.257 e. The van der Waals surface area contributed by atoms with Gasteiger partial charge in [-0.3, -0.25) is 4.79 Å². The van der Waals surface area contributed by atoms with Crippen LogP contribution in [0.15, 0.2) is 18.2 Å². The number of amides is 1. The third-order valence-corrected chi connectivity index (χ3v) is 2.50. The zero-order chi connectivity index (χ0) is 12.1. The van der Waals surface area contributed by atoms with Crippen molar-refractivity contribution < 1.29 is 13.9 Å². The van der Waals surface area contributed by atoms with Crippen molar-refractivity contribution in [1.82, 2.24) is 5.32 Å². The molecule has 0 aliphatic carbocycles. The molecule has 1 amide bonds. The predicted octanol–water partition coefficient (Wildman–Crippen LogP) is 2.42. The molecule has 1 aromatic rings. The number of carbonyl (C=O) groups is 1. The first-order valence-electron chi connectivity index (χ1n) is 4.43. The van der Waals surface area contributed by atoms with Gasteiger partial charge in [0.1, 0.15) is 12.0 Å². The van der Waals surface area contributed by atoms with Gasteiger partial charge in [-0.05, 0) is 12.1 Å². The van der Waals surface area contributed by atoms with Crippen LogP contribution in [0.5, 0.6) is 0 Å². The van der Waals surface area contributed by atoms with Gasteiger partial charge in [-0.15, -0.1) is 11.6 Å². The average Bonchev–Trinajstić information content (AvgIpc) is 2.25. The third-order valence-electron chi connectivity index (χ3n) is 1.91. The van der Waals surface area contributed by atoms with E-state index in [1.165, 1.54) is 19.2 Å². The lowest BCUT2D eigenvalue weighted by atomic mass is 10.2. The SMILES string of the molecule is COC(CCl)NC(=O)c1c(F)cccc1Cl. The molecule has 0 fully saturated rings. The second-order valence-corrected chi connectivity index (χ2v) is 3.66. The van der Waals surface area contributed by atoms with Crippen molar-refractivity contribution in [2.75, 3.05) is 13.0 Å². The second-order valence-electron chi connectivity index (χ2n) is 2.95. The summed E-state index contributed by atoms with van der Waals surface area (Å²) in [6.07, 6.45) is -0.676. The molecule has 0 saturated heterocycles. The van der Waals surface area contributed by atoms with Crippen molar-refractivity contribution in [3.63, 3.8) is 0 Å². The van der Waals surface area contributed by atoms with E-state index in [0.29, 0.717) is 0 Å². The van der Waals surface area contributed by atoms with Crippen molar-refractivity contribution >= 4 is 29.1 Å². The van der Waals surface area contributed by atoms with Crippen LogP contribution < -0.4 is 5.32 Å². The van der Waals surface area contributed by atoms with Crippen LogP contribution in [0.2, 0.25) is 5.02 Å². The molecule has 0 saturated carbocycles. The lowest BCUT2D eigenvalue weighted by Crippen LogP contribution is -2.38. The van der Waals surface area contributed by atoms with Gasteiger partial charge in [0, 0.05) is 7.11 Å². The molecule has 6 heteroatoms. The van der Waals surface area contributed by atoms with Crippen molar-refractivity contribution in [3.05, 3.63) is 34.6 Å². The molecule has 0 heterocycles. The van der Waals surface area contributed by atoms with Gasteiger partial charge in [-0.25, -0.2) is 4.39 Å². The number of nitrogens with one attached hydrogen (secondary N) is 1. The number of rotatable bonds is 4. The van der Waals surface area contributed by atoms with Crippen molar-refractivity contribution in [2.45, 2.75) is 6.23 Å². The number of methoxy groups -OCH3 is 1. The molecule has 0 radical (unpaired) electrons. The molecule has 0 aromatic heterocycles. The summed E-state index contributed by atoms with van der Waals surface area (Å²) in [4.78, 5) is 11.6. The molecule has 0 spiro atoms. The van der Waals surface area contributed by atoms with Crippen LogP contribution in [0.3, 0.4) is 0 Å². The fourth-order valence-electron chi connectivity index (χ4n) is 1.09. The number of hydrogen-bond donors (Lipinski definition) is 1. The van der Waals surface area contributed by atoms with Crippen LogP contribution in [0.4, 0.5) is 4.39 Å². The molecule has 0 aliphatic heterocycles. The van der Waals surface area contributed by atoms with Gasteiger partial charge in [0.25, 0.3) is 5.91 Å². The number of carbonyl (C=O) groups excluding carboxylic acids is 1. The number of alkyl halides is 1. The van der Waals surface area contributed by atoms with Crippen molar-refractivity contribution in [1.29, 1.82) is 0 Å². The first kappa shape index (κ1) is 13.2. The monoisotopic (exact) mass is 265 g/mol. The Morgan fingerprint density at radius 2 is 2.31 bits per heavy atom. The van der Waals surface area contributed by atoms with Crippen LogP contribution in [0, 0.1) is 5.82 Å². The lowest BCUT2D eigenvalue weighted by Gasteiger charge is -2.14. The third kappa shape index (κ3) is 3.07. The minimum Gasteiger partial charge on any atom is -0.360 e. The standard InChI is InChI=1S/C10H10Cl2FNO2/c1-16-8(5-11)14-10(15)9-6(12)3-2-4-7(9)13/h2-4,8H,5H2,1H3,(H,14,15). The topological polar surface area (TPSA) is 38.3 Å². The summed E-state index contributed by atoms with van der Waals surface area (Å²) in [5.41, 5.74) is -0.212. The number of hydrogen-bond acceptors (Lipinski definition) is 2. The first-order valence-corrected chi connectivity index (χ1v) is 5.35. The zero-order valence-electron chi connectivity index (χ0n) is 8.47. The predicted molar refractivity (Wildman–Crippen MR) is 60.4 cm³/mol. The largest absolute Gasteiger partial charge is 0.360 e. The van der Waals surface area contributed by atoms with Crippen LogP contribution in [-0.2, 0) is 4.74 Å². The Morgan fingerprint density at radius 3 is 2.81 bits per heavy atom. The van der Waals surface area contributed by atoms with Gasteiger partial charge < -0.3 is 10.1 Å². The highest BCUT2D eigenvalue weighted by atomic mass is 35.5. The van der Waals surface area contributed by atoms with Gasteiger partial charge in [0.2, 0.25) is 0 Å². The van der Waals surface area contributed by atoms with Gasteiger partial charge in [0.05, 0.1) is 16.5 Å². The molecule has 1 rings (SSSR count). The minimum absolute atomic E-state index is 0.0434. The molecule has 16 heavy (non-hydrogen) atoms. The Hall–Kier alpha value is -0.840. The Balaban J connectivity index is 2.88. The highest BCUT2D eigenvalue weighted by molar-refractivity contribution is 6.33. The van der Waals surface area contributed by atoms with Gasteiger partial charge in [0.15, 0.2) is 0 Å². The van der Waals surface area contributed by atoms with Gasteiger partial charge in [-0.1, -0.05) is 17.7 Å². The van der Waals surface area contributed by atoms with Crippen LogP contribution in [0.25, 0.3) is 0 Å². The minimum atomic E-state index is -0.686. The van der Waals surface area contributed by atoms with Crippen LogP contribution in [0.1, 0.15) is 10.4 Å². The van der Waals surface area contributed by atoms with Crippen LogP contribution in [-0.4, -0.2) is 25.1 Å². The van der Waals surface area contributed by atoms with Gasteiger partial charge >= 0.3 is 0 Å². The van der Waals surface area contributed by atoms with E-state index in [1.54, 1.807) is 0 Å². The molecular formula is C10H10Cl2FNO2. The summed E-state index contributed by atoms with van der Waals surface area (Å²) in [6, 6.07) is 4.01. The summed E-state index contributed by atoms with van der Waals surface area (Å²) in [5, 5.41) is 2.44. The van der Waals surface area contributed by atoms with Crippen molar-refractivity contribution in [2.24, 2.45) is 0 Å². The summed E-state index contributed by atoms with van der Waals surface area (Å²) < 4.78 is 18.2. The van der Waals surface area contributed by atoms with E-state index < -0.39 is 18.0 Å². The summed E-state index contributed by atoms with van der Waals surface area (Å²) in [5.74, 6) is -1.28. The molecular weight excluding hydrogens is 256 g/mol. The Bertz CT molecular complexity index is 363. The number of benzene rings is 1.